The van der Waals surface area contributed by atoms with Crippen LogP contribution in [0.1, 0.15) is 18.1 Å². The minimum atomic E-state index is -3.80. The van der Waals surface area contributed by atoms with Crippen molar-refractivity contribution >= 4 is 10.0 Å². The first-order valence-corrected chi connectivity index (χ1v) is 11.0. The first kappa shape index (κ1) is 20.1. The lowest BCUT2D eigenvalue weighted by molar-refractivity contribution is -0.0485. The molecular weight excluding hydrogens is 395 g/mol. The fourth-order valence-corrected chi connectivity index (χ4v) is 5.71. The van der Waals surface area contributed by atoms with Gasteiger partial charge in [0.25, 0.3) is 0 Å². The number of hydrogen-bond acceptors (Lipinski definition) is 5. The highest BCUT2D eigenvalue weighted by Crippen LogP contribution is 2.37. The van der Waals surface area contributed by atoms with E-state index in [0.717, 1.165) is 18.2 Å². The zero-order valence-electron chi connectivity index (χ0n) is 15.3. The Bertz CT molecular complexity index is 827. The fourth-order valence-electron chi connectivity index (χ4n) is 4.73. The molecule has 156 valence electrons. The van der Waals surface area contributed by atoms with Crippen LogP contribution in [0.15, 0.2) is 18.2 Å². The Balaban J connectivity index is 1.37. The molecule has 2 N–H and O–H groups in total. The number of halogens is 3. The van der Waals surface area contributed by atoms with Crippen LogP contribution in [-0.4, -0.2) is 68.5 Å². The number of ether oxygens (including phenoxy) is 1. The molecule has 3 saturated heterocycles. The molecule has 0 radical (unpaired) electrons. The molecule has 3 heterocycles. The van der Waals surface area contributed by atoms with Crippen LogP contribution in [0.25, 0.3) is 0 Å². The zero-order valence-corrected chi connectivity index (χ0v) is 16.1. The summed E-state index contributed by atoms with van der Waals surface area (Å²) < 4.78 is 70.8. The fraction of sp³-hybridized carbons (Fsp3) is 0.667. The second kappa shape index (κ2) is 7.56. The first-order valence-electron chi connectivity index (χ1n) is 9.38. The minimum Gasteiger partial charge on any atom is -0.370 e. The second-order valence-corrected chi connectivity index (χ2v) is 9.88. The Kier molecular flexibility index (Phi) is 5.43. The molecule has 0 amide bonds. The van der Waals surface area contributed by atoms with E-state index >= 15 is 0 Å². The second-order valence-electron chi connectivity index (χ2n) is 7.99. The van der Waals surface area contributed by atoms with Crippen molar-refractivity contribution in [3.63, 3.8) is 0 Å². The first-order chi connectivity index (χ1) is 13.3. The van der Waals surface area contributed by atoms with Gasteiger partial charge in [0, 0.05) is 43.8 Å². The monoisotopic (exact) mass is 419 g/mol. The van der Waals surface area contributed by atoms with Gasteiger partial charge in [-0.3, -0.25) is 4.90 Å². The Labute approximate surface area is 162 Å². The van der Waals surface area contributed by atoms with E-state index < -0.39 is 39.8 Å². The van der Waals surface area contributed by atoms with Gasteiger partial charge < -0.3 is 10.5 Å². The lowest BCUT2D eigenvalue weighted by atomic mass is 9.93. The molecule has 6 nitrogen and oxygen atoms in total. The number of likely N-dealkylation sites (tertiary alicyclic amines) is 1. The molecule has 3 fully saturated rings. The Hall–Kier alpha value is -1.20. The van der Waals surface area contributed by atoms with Gasteiger partial charge in [-0.2, -0.15) is 4.31 Å². The third-order valence-corrected chi connectivity index (χ3v) is 7.56. The number of rotatable bonds is 4. The van der Waals surface area contributed by atoms with E-state index in [0.29, 0.717) is 39.2 Å². The Morgan fingerprint density at radius 2 is 1.82 bits per heavy atom. The van der Waals surface area contributed by atoms with Crippen molar-refractivity contribution in [2.24, 2.45) is 17.6 Å². The molecule has 28 heavy (non-hydrogen) atoms. The van der Waals surface area contributed by atoms with E-state index in [1.54, 1.807) is 0 Å². The van der Waals surface area contributed by atoms with Gasteiger partial charge >= 0.3 is 0 Å². The maximum Gasteiger partial charge on any atom is 0.243 e. The van der Waals surface area contributed by atoms with Gasteiger partial charge in [-0.05, 0) is 36.5 Å². The van der Waals surface area contributed by atoms with Gasteiger partial charge in [-0.15, -0.1) is 0 Å². The smallest absolute Gasteiger partial charge is 0.243 e. The summed E-state index contributed by atoms with van der Waals surface area (Å²) in [5.41, 5.74) is 6.37. The van der Waals surface area contributed by atoms with E-state index in [9.17, 15) is 21.6 Å². The number of benzene rings is 1. The molecule has 2 unspecified atom stereocenters. The number of nitrogens with zero attached hydrogens (tertiary/aromatic N) is 2. The van der Waals surface area contributed by atoms with Crippen LogP contribution in [-0.2, 0) is 14.8 Å². The predicted molar refractivity (Wildman–Crippen MR) is 96.5 cm³/mol. The van der Waals surface area contributed by atoms with Crippen molar-refractivity contribution in [3.8, 4) is 0 Å². The van der Waals surface area contributed by atoms with Crippen LogP contribution in [0.4, 0.5) is 13.2 Å². The quantitative estimate of drug-likeness (QED) is 0.795. The summed E-state index contributed by atoms with van der Waals surface area (Å²) in [5.74, 6) is -0.744. The van der Waals surface area contributed by atoms with Gasteiger partial charge in [-0.25, -0.2) is 21.6 Å². The molecular formula is C18H24F3N3O3S. The highest BCUT2D eigenvalue weighted by Gasteiger charge is 2.46. The molecule has 1 aromatic rings. The number of alkyl halides is 1. The molecule has 1 aromatic carbocycles. The molecule has 0 aliphatic carbocycles. The standard InChI is InChI=1S/C18H24F3N3O3S/c19-10-28(25,26)24-7-11-5-23(6-12(11)8-24)14-4-17(22)18(27-9-14)15-3-13(20)1-2-16(15)21/h1-3,11-12,14,17-18H,4-10,22H2/t11?,12?,14-,17+,18-/m1/s1. The average molecular weight is 419 g/mol. The molecule has 5 atom stereocenters. The van der Waals surface area contributed by atoms with Crippen LogP contribution in [0.2, 0.25) is 0 Å². The van der Waals surface area contributed by atoms with Crippen molar-refractivity contribution in [1.82, 2.24) is 9.21 Å². The van der Waals surface area contributed by atoms with Gasteiger partial charge in [0.05, 0.1) is 6.61 Å². The van der Waals surface area contributed by atoms with Crippen molar-refractivity contribution in [3.05, 3.63) is 35.4 Å². The van der Waals surface area contributed by atoms with E-state index in [1.807, 2.05) is 0 Å². The largest absolute Gasteiger partial charge is 0.370 e. The molecule has 0 bridgehead atoms. The number of fused-ring (bicyclic) bond motifs is 1. The van der Waals surface area contributed by atoms with E-state index in [-0.39, 0.29) is 23.4 Å². The van der Waals surface area contributed by atoms with E-state index in [1.165, 1.54) is 4.31 Å². The van der Waals surface area contributed by atoms with Crippen LogP contribution in [0, 0.1) is 23.5 Å². The normalized spacial score (nSPS) is 34.6. The molecule has 0 saturated carbocycles. The summed E-state index contributed by atoms with van der Waals surface area (Å²) in [5, 5.41) is 0. The molecule has 0 spiro atoms. The summed E-state index contributed by atoms with van der Waals surface area (Å²) >= 11 is 0. The summed E-state index contributed by atoms with van der Waals surface area (Å²) in [7, 11) is -3.80. The molecule has 3 aliphatic heterocycles. The summed E-state index contributed by atoms with van der Waals surface area (Å²) in [6, 6.07) is 1.47. The minimum absolute atomic E-state index is 0.0414. The maximum absolute atomic E-state index is 14.1. The predicted octanol–water partition coefficient (Wildman–Crippen LogP) is 1.24. The van der Waals surface area contributed by atoms with Crippen molar-refractivity contribution < 1.29 is 26.3 Å². The third kappa shape index (κ3) is 3.68. The third-order valence-electron chi connectivity index (χ3n) is 6.19. The van der Waals surface area contributed by atoms with Crippen LogP contribution >= 0.6 is 0 Å². The van der Waals surface area contributed by atoms with E-state index in [2.05, 4.69) is 4.90 Å². The highest BCUT2D eigenvalue weighted by molar-refractivity contribution is 7.88. The van der Waals surface area contributed by atoms with Crippen LogP contribution in [0.3, 0.4) is 0 Å². The number of hydrogen-bond donors (Lipinski definition) is 1. The Morgan fingerprint density at radius 3 is 2.43 bits per heavy atom. The van der Waals surface area contributed by atoms with Crippen LogP contribution in [0.5, 0.6) is 0 Å². The van der Waals surface area contributed by atoms with Crippen LogP contribution < -0.4 is 5.73 Å². The maximum atomic E-state index is 14.1. The summed E-state index contributed by atoms with van der Waals surface area (Å²) in [6.07, 6.45) is -0.119. The molecule has 0 aromatic heterocycles. The van der Waals surface area contributed by atoms with E-state index in [4.69, 9.17) is 10.5 Å². The Morgan fingerprint density at radius 1 is 1.14 bits per heavy atom. The number of nitrogens with two attached hydrogens (primary N) is 1. The van der Waals surface area contributed by atoms with Gasteiger partial charge in [0.1, 0.15) is 17.7 Å². The van der Waals surface area contributed by atoms with Gasteiger partial charge in [-0.1, -0.05) is 0 Å². The summed E-state index contributed by atoms with van der Waals surface area (Å²) in [4.78, 5) is 2.23. The summed E-state index contributed by atoms with van der Waals surface area (Å²) in [6.45, 7) is 2.42. The number of sulfonamides is 1. The lowest BCUT2D eigenvalue weighted by Gasteiger charge is -2.39. The highest BCUT2D eigenvalue weighted by atomic mass is 32.2. The topological polar surface area (TPSA) is 75.9 Å². The molecule has 10 heteroatoms. The lowest BCUT2D eigenvalue weighted by Crippen LogP contribution is -2.49. The van der Waals surface area contributed by atoms with Crippen molar-refractivity contribution in [2.45, 2.75) is 24.6 Å². The molecule has 3 aliphatic rings. The molecule has 4 rings (SSSR count). The average Bonchev–Trinajstić information content (AvgIpc) is 3.23. The van der Waals surface area contributed by atoms with Gasteiger partial charge in [0.2, 0.25) is 16.0 Å². The van der Waals surface area contributed by atoms with Gasteiger partial charge in [0.15, 0.2) is 0 Å². The van der Waals surface area contributed by atoms with Crippen molar-refractivity contribution in [1.29, 1.82) is 0 Å². The zero-order chi connectivity index (χ0) is 20.1. The SMILES string of the molecule is N[C@H]1C[C@@H](N2CC3CN(S(=O)(=O)CF)CC3C2)CO[C@@H]1c1cc(F)ccc1F. The van der Waals surface area contributed by atoms with Crippen molar-refractivity contribution in [2.75, 3.05) is 38.8 Å².